The number of hydrogen-bond acceptors (Lipinski definition) is 5. The van der Waals surface area contributed by atoms with Crippen LogP contribution >= 0.6 is 0 Å². The number of anilines is 1. The van der Waals surface area contributed by atoms with E-state index in [0.717, 1.165) is 29.7 Å². The van der Waals surface area contributed by atoms with E-state index in [1.165, 1.54) is 0 Å². The fourth-order valence-electron chi connectivity index (χ4n) is 3.51. The average molecular weight is 372 g/mol. The lowest BCUT2D eigenvalue weighted by atomic mass is 10.0. The van der Waals surface area contributed by atoms with Crippen molar-refractivity contribution in [2.75, 3.05) is 11.4 Å². The first-order chi connectivity index (χ1) is 13.8. The van der Waals surface area contributed by atoms with Gasteiger partial charge in [-0.3, -0.25) is 9.69 Å². The molecule has 1 aliphatic heterocycles. The Kier molecular flexibility index (Phi) is 4.12. The van der Waals surface area contributed by atoms with Crippen molar-refractivity contribution in [1.29, 1.82) is 0 Å². The van der Waals surface area contributed by atoms with Gasteiger partial charge in [-0.05, 0) is 40.5 Å². The highest BCUT2D eigenvalue weighted by Gasteiger charge is 2.33. The van der Waals surface area contributed by atoms with E-state index in [2.05, 4.69) is 39.1 Å². The molecular formula is C21H20N6O. The molecule has 1 aliphatic carbocycles. The zero-order valence-electron chi connectivity index (χ0n) is 15.3. The molecule has 1 amide bonds. The number of carbonyl (C=O) groups excluding carboxylic acids is 1. The van der Waals surface area contributed by atoms with E-state index in [0.29, 0.717) is 12.0 Å². The zero-order valence-corrected chi connectivity index (χ0v) is 15.3. The van der Waals surface area contributed by atoms with Crippen LogP contribution in [0.25, 0.3) is 5.70 Å². The Morgan fingerprint density at radius 1 is 1.04 bits per heavy atom. The summed E-state index contributed by atoms with van der Waals surface area (Å²) in [7, 11) is 0. The fraction of sp³-hybridized carbons (Fsp3) is 0.238. The zero-order chi connectivity index (χ0) is 18.9. The summed E-state index contributed by atoms with van der Waals surface area (Å²) in [5, 5.41) is 15.4. The van der Waals surface area contributed by atoms with Gasteiger partial charge >= 0.3 is 0 Å². The molecule has 0 bridgehead atoms. The predicted octanol–water partition coefficient (Wildman–Crippen LogP) is 2.40. The number of nitrogens with one attached hydrogen (secondary N) is 1. The van der Waals surface area contributed by atoms with Crippen molar-refractivity contribution in [3.8, 4) is 0 Å². The van der Waals surface area contributed by atoms with Crippen molar-refractivity contribution < 1.29 is 4.79 Å². The van der Waals surface area contributed by atoms with E-state index in [1.54, 1.807) is 4.68 Å². The molecule has 0 spiro atoms. The lowest BCUT2D eigenvalue weighted by molar-refractivity contribution is -0.119. The standard InChI is InChI=1S/C21H20N6O/c28-20(22-17-11-12-17)14-26-18(15-7-3-1-4-8-15)13-19(16-9-5-2-6-10-16)27-21(26)23-24-25-27/h1-10,13,17,19H,11-12,14H2,(H,22,28)/t19-/m0/s1. The first-order valence-corrected chi connectivity index (χ1v) is 9.46. The molecular weight excluding hydrogens is 352 g/mol. The summed E-state index contributed by atoms with van der Waals surface area (Å²) in [5.74, 6) is 0.554. The first kappa shape index (κ1) is 16.7. The number of fused-ring (bicyclic) bond motifs is 1. The largest absolute Gasteiger partial charge is 0.352 e. The first-order valence-electron chi connectivity index (χ1n) is 9.46. The van der Waals surface area contributed by atoms with Crippen LogP contribution in [0.1, 0.15) is 30.0 Å². The van der Waals surface area contributed by atoms with Crippen LogP contribution in [0.5, 0.6) is 0 Å². The van der Waals surface area contributed by atoms with Gasteiger partial charge in [0.05, 0.1) is 5.70 Å². The van der Waals surface area contributed by atoms with Crippen molar-refractivity contribution in [2.24, 2.45) is 0 Å². The van der Waals surface area contributed by atoms with Crippen molar-refractivity contribution in [2.45, 2.75) is 24.9 Å². The van der Waals surface area contributed by atoms with E-state index >= 15 is 0 Å². The molecule has 2 aliphatic rings. The van der Waals surface area contributed by atoms with Gasteiger partial charge in [-0.2, -0.15) is 4.68 Å². The van der Waals surface area contributed by atoms with Crippen LogP contribution in [-0.4, -0.2) is 38.7 Å². The van der Waals surface area contributed by atoms with Gasteiger partial charge in [-0.1, -0.05) is 65.8 Å². The molecule has 1 saturated carbocycles. The Bertz CT molecular complexity index is 1010. The van der Waals surface area contributed by atoms with Crippen LogP contribution < -0.4 is 10.2 Å². The van der Waals surface area contributed by atoms with Gasteiger partial charge in [-0.25, -0.2) is 0 Å². The number of amides is 1. The second-order valence-electron chi connectivity index (χ2n) is 7.12. The Balaban J connectivity index is 1.58. The monoisotopic (exact) mass is 372 g/mol. The van der Waals surface area contributed by atoms with Gasteiger partial charge < -0.3 is 5.32 Å². The average Bonchev–Trinajstić information content (AvgIpc) is 3.40. The molecule has 1 atom stereocenters. The summed E-state index contributed by atoms with van der Waals surface area (Å²) in [4.78, 5) is 14.5. The summed E-state index contributed by atoms with van der Waals surface area (Å²) >= 11 is 0. The molecule has 1 fully saturated rings. The number of rotatable bonds is 5. The molecule has 3 aromatic rings. The third-order valence-corrected chi connectivity index (χ3v) is 5.04. The van der Waals surface area contributed by atoms with Gasteiger partial charge in [0.1, 0.15) is 12.6 Å². The van der Waals surface area contributed by atoms with E-state index in [9.17, 15) is 4.79 Å². The number of tetrazole rings is 1. The molecule has 7 nitrogen and oxygen atoms in total. The highest BCUT2D eigenvalue weighted by molar-refractivity contribution is 5.89. The summed E-state index contributed by atoms with van der Waals surface area (Å²) in [6, 6.07) is 20.3. The number of hydrogen-bond donors (Lipinski definition) is 1. The summed E-state index contributed by atoms with van der Waals surface area (Å²) in [6.07, 6.45) is 4.24. The van der Waals surface area contributed by atoms with Crippen LogP contribution in [0.4, 0.5) is 5.95 Å². The van der Waals surface area contributed by atoms with Crippen molar-refractivity contribution >= 4 is 17.6 Å². The second-order valence-corrected chi connectivity index (χ2v) is 7.12. The Hall–Kier alpha value is -3.48. The van der Waals surface area contributed by atoms with E-state index < -0.39 is 0 Å². The normalized spacial score (nSPS) is 18.4. The van der Waals surface area contributed by atoms with Crippen molar-refractivity contribution in [3.05, 3.63) is 77.9 Å². The summed E-state index contributed by atoms with van der Waals surface area (Å²) in [6.45, 7) is 0.180. The van der Waals surface area contributed by atoms with Gasteiger partial charge in [0.15, 0.2) is 0 Å². The maximum atomic E-state index is 12.6. The summed E-state index contributed by atoms with van der Waals surface area (Å²) < 4.78 is 1.77. The Labute approximate surface area is 162 Å². The maximum absolute atomic E-state index is 12.6. The molecule has 5 rings (SSSR count). The molecule has 1 N–H and O–H groups in total. The molecule has 0 unspecified atom stereocenters. The van der Waals surface area contributed by atoms with Gasteiger partial charge in [0.2, 0.25) is 5.91 Å². The second kappa shape index (κ2) is 6.92. The molecule has 2 aromatic carbocycles. The van der Waals surface area contributed by atoms with Crippen LogP contribution in [0.2, 0.25) is 0 Å². The van der Waals surface area contributed by atoms with E-state index in [-0.39, 0.29) is 18.5 Å². The van der Waals surface area contributed by atoms with E-state index in [4.69, 9.17) is 0 Å². The van der Waals surface area contributed by atoms with Crippen molar-refractivity contribution in [1.82, 2.24) is 25.5 Å². The molecule has 1 aromatic heterocycles. The molecule has 0 saturated heterocycles. The third kappa shape index (κ3) is 3.15. The minimum atomic E-state index is -0.135. The number of allylic oxidation sites excluding steroid dienone is 1. The van der Waals surface area contributed by atoms with Crippen LogP contribution in [0.3, 0.4) is 0 Å². The van der Waals surface area contributed by atoms with Crippen LogP contribution in [0, 0.1) is 0 Å². The van der Waals surface area contributed by atoms with Crippen LogP contribution in [-0.2, 0) is 4.79 Å². The molecule has 28 heavy (non-hydrogen) atoms. The van der Waals surface area contributed by atoms with Gasteiger partial charge in [0.25, 0.3) is 5.95 Å². The minimum Gasteiger partial charge on any atom is -0.352 e. The number of aromatic nitrogens is 4. The highest BCUT2D eigenvalue weighted by Crippen LogP contribution is 2.35. The number of nitrogens with zero attached hydrogens (tertiary/aromatic N) is 5. The molecule has 140 valence electrons. The van der Waals surface area contributed by atoms with E-state index in [1.807, 2.05) is 53.4 Å². The maximum Gasteiger partial charge on any atom is 0.251 e. The quantitative estimate of drug-likeness (QED) is 0.744. The minimum absolute atomic E-state index is 0.0166. The molecule has 0 radical (unpaired) electrons. The topological polar surface area (TPSA) is 75.9 Å². The van der Waals surface area contributed by atoms with Gasteiger partial charge in [-0.15, -0.1) is 0 Å². The van der Waals surface area contributed by atoms with Gasteiger partial charge in [0, 0.05) is 6.04 Å². The van der Waals surface area contributed by atoms with Crippen molar-refractivity contribution in [3.63, 3.8) is 0 Å². The number of benzene rings is 2. The fourth-order valence-corrected chi connectivity index (χ4v) is 3.51. The highest BCUT2D eigenvalue weighted by atomic mass is 16.2. The predicted molar refractivity (Wildman–Crippen MR) is 105 cm³/mol. The van der Waals surface area contributed by atoms with Crippen LogP contribution in [0.15, 0.2) is 66.7 Å². The Morgan fingerprint density at radius 3 is 2.46 bits per heavy atom. The summed E-state index contributed by atoms with van der Waals surface area (Å²) in [5.41, 5.74) is 3.05. The Morgan fingerprint density at radius 2 is 1.75 bits per heavy atom. The lowest BCUT2D eigenvalue weighted by Crippen LogP contribution is -2.40. The lowest BCUT2D eigenvalue weighted by Gasteiger charge is -2.32. The smallest absolute Gasteiger partial charge is 0.251 e. The molecule has 7 heteroatoms. The number of carbonyl (C=O) groups is 1. The third-order valence-electron chi connectivity index (χ3n) is 5.04. The SMILES string of the molecule is O=C(CN1C(c2ccccc2)=C[C@@H](c2ccccc2)n2nnnc21)NC1CC1. The molecule has 2 heterocycles.